The smallest absolute Gasteiger partial charge is 0.219 e. The molecule has 1 aliphatic carbocycles. The number of fused-ring (bicyclic) bond motifs is 1. The molecule has 1 aliphatic rings. The van der Waals surface area contributed by atoms with Gasteiger partial charge in [-0.2, -0.15) is 0 Å². The molecule has 0 spiro atoms. The number of hydrogen-bond acceptors (Lipinski definition) is 7. The molecule has 0 bridgehead atoms. The van der Waals surface area contributed by atoms with Crippen molar-refractivity contribution in [3.63, 3.8) is 0 Å². The Hall–Kier alpha value is -3.95. The third kappa shape index (κ3) is 5.07. The minimum atomic E-state index is -0.402. The minimum absolute atomic E-state index is 0.237. The number of benzene rings is 1. The summed E-state index contributed by atoms with van der Waals surface area (Å²) in [4.78, 5) is 36.9. The second-order valence-corrected chi connectivity index (χ2v) is 10.1. The molecule has 1 amide bonds. The monoisotopic (exact) mass is 533 g/mol. The molecule has 10 heteroatoms. The zero-order valence-corrected chi connectivity index (χ0v) is 22.1. The largest absolute Gasteiger partial charge is 0.439 e. The van der Waals surface area contributed by atoms with E-state index in [1.807, 2.05) is 19.1 Å². The van der Waals surface area contributed by atoms with E-state index in [9.17, 15) is 9.59 Å². The van der Waals surface area contributed by atoms with E-state index >= 15 is 0 Å². The summed E-state index contributed by atoms with van der Waals surface area (Å²) in [5.74, 6) is 1.00. The first-order valence-electron chi connectivity index (χ1n) is 12.2. The number of ether oxygens (including phenoxy) is 2. The highest BCUT2D eigenvalue weighted by Crippen LogP contribution is 2.44. The number of nitrogens with zero attached hydrogens (tertiary/aromatic N) is 2. The van der Waals surface area contributed by atoms with Gasteiger partial charge in [-0.3, -0.25) is 9.59 Å². The Morgan fingerprint density at radius 3 is 2.74 bits per heavy atom. The van der Waals surface area contributed by atoms with Crippen LogP contribution in [0, 0.1) is 12.8 Å². The normalized spacial score (nSPS) is 14.6. The summed E-state index contributed by atoms with van der Waals surface area (Å²) in [6, 6.07) is 8.58. The van der Waals surface area contributed by atoms with E-state index < -0.39 is 5.54 Å². The van der Waals surface area contributed by atoms with Crippen molar-refractivity contribution in [2.45, 2.75) is 32.2 Å². The van der Waals surface area contributed by atoms with Crippen LogP contribution in [0.15, 0.2) is 48.9 Å². The molecule has 0 radical (unpaired) electrons. The number of ketones is 1. The van der Waals surface area contributed by atoms with Gasteiger partial charge in [0.1, 0.15) is 11.4 Å². The van der Waals surface area contributed by atoms with Crippen LogP contribution in [0.4, 0.5) is 11.4 Å². The maximum Gasteiger partial charge on any atom is 0.219 e. The fourth-order valence-electron chi connectivity index (χ4n) is 4.71. The minimum Gasteiger partial charge on any atom is -0.439 e. The topological polar surface area (TPSA) is 118 Å². The Balaban J connectivity index is 1.53. The van der Waals surface area contributed by atoms with E-state index in [0.29, 0.717) is 64.1 Å². The van der Waals surface area contributed by atoms with Crippen LogP contribution in [0.1, 0.15) is 41.3 Å². The number of carbonyl (C=O) groups excluding carboxylic acids is 2. The van der Waals surface area contributed by atoms with Gasteiger partial charge in [0, 0.05) is 37.2 Å². The highest BCUT2D eigenvalue weighted by molar-refractivity contribution is 6.36. The van der Waals surface area contributed by atoms with Gasteiger partial charge in [0.05, 0.1) is 45.7 Å². The van der Waals surface area contributed by atoms with E-state index in [1.54, 1.807) is 43.9 Å². The number of nitrogens with one attached hydrogen (secondary N) is 3. The van der Waals surface area contributed by atoms with Crippen molar-refractivity contribution in [3.8, 4) is 11.6 Å². The Kier molecular flexibility index (Phi) is 7.05. The second kappa shape index (κ2) is 10.4. The fraction of sp³-hybridized carbons (Fsp3) is 0.286. The van der Waals surface area contributed by atoms with Crippen LogP contribution in [-0.2, 0) is 9.53 Å². The molecule has 9 nitrogen and oxygen atoms in total. The van der Waals surface area contributed by atoms with Gasteiger partial charge in [-0.1, -0.05) is 11.6 Å². The third-order valence-corrected chi connectivity index (χ3v) is 7.10. The molecular weight excluding hydrogens is 506 g/mol. The van der Waals surface area contributed by atoms with Crippen molar-refractivity contribution in [1.82, 2.24) is 15.0 Å². The van der Waals surface area contributed by atoms with Crippen molar-refractivity contribution < 1.29 is 19.1 Å². The van der Waals surface area contributed by atoms with Gasteiger partial charge in [0.2, 0.25) is 12.3 Å². The van der Waals surface area contributed by atoms with E-state index in [0.717, 1.165) is 18.4 Å². The lowest BCUT2D eigenvalue weighted by Crippen LogP contribution is -2.42. The number of aromatic amines is 1. The molecule has 1 atom stereocenters. The van der Waals surface area contributed by atoms with E-state index in [2.05, 4.69) is 32.5 Å². The first-order chi connectivity index (χ1) is 18.3. The molecule has 38 heavy (non-hydrogen) atoms. The van der Waals surface area contributed by atoms with Crippen LogP contribution in [0.3, 0.4) is 0 Å². The van der Waals surface area contributed by atoms with Gasteiger partial charge >= 0.3 is 0 Å². The van der Waals surface area contributed by atoms with Crippen LogP contribution >= 0.6 is 11.6 Å². The van der Waals surface area contributed by atoms with Gasteiger partial charge in [-0.05, 0) is 56.4 Å². The molecule has 196 valence electrons. The third-order valence-electron chi connectivity index (χ3n) is 6.79. The number of pyridine rings is 2. The molecule has 1 aromatic carbocycles. The summed E-state index contributed by atoms with van der Waals surface area (Å²) in [5, 5.41) is 7.10. The van der Waals surface area contributed by atoms with Gasteiger partial charge in [0.15, 0.2) is 5.78 Å². The summed E-state index contributed by atoms with van der Waals surface area (Å²) in [7, 11) is 1.66. The zero-order chi connectivity index (χ0) is 26.9. The van der Waals surface area contributed by atoms with Gasteiger partial charge < -0.3 is 25.1 Å². The van der Waals surface area contributed by atoms with Gasteiger partial charge in [-0.25, -0.2) is 9.97 Å². The molecule has 1 fully saturated rings. The van der Waals surface area contributed by atoms with Crippen molar-refractivity contribution in [1.29, 1.82) is 0 Å². The predicted molar refractivity (Wildman–Crippen MR) is 146 cm³/mol. The summed E-state index contributed by atoms with van der Waals surface area (Å²) >= 11 is 6.57. The maximum atomic E-state index is 13.8. The van der Waals surface area contributed by atoms with Crippen LogP contribution in [0.5, 0.6) is 11.6 Å². The molecule has 3 aromatic heterocycles. The molecular formula is C28H28ClN5O4. The first kappa shape index (κ1) is 25.7. The van der Waals surface area contributed by atoms with Crippen LogP contribution in [-0.4, -0.2) is 46.4 Å². The number of amides is 1. The molecule has 0 aliphatic heterocycles. The maximum absolute atomic E-state index is 13.8. The zero-order valence-electron chi connectivity index (χ0n) is 21.3. The number of rotatable bonds is 11. The van der Waals surface area contributed by atoms with E-state index in [4.69, 9.17) is 21.1 Å². The molecule has 5 rings (SSSR count). The van der Waals surface area contributed by atoms with Crippen LogP contribution < -0.4 is 15.4 Å². The average molecular weight is 534 g/mol. The number of hydrogen-bond donors (Lipinski definition) is 3. The predicted octanol–water partition coefficient (Wildman–Crippen LogP) is 5.74. The van der Waals surface area contributed by atoms with Crippen molar-refractivity contribution in [2.24, 2.45) is 5.92 Å². The fourth-order valence-corrected chi connectivity index (χ4v) is 4.97. The summed E-state index contributed by atoms with van der Waals surface area (Å²) < 4.78 is 11.3. The van der Waals surface area contributed by atoms with Crippen molar-refractivity contribution in [2.75, 3.05) is 24.4 Å². The highest BCUT2D eigenvalue weighted by atomic mass is 35.5. The van der Waals surface area contributed by atoms with Gasteiger partial charge in [0.25, 0.3) is 0 Å². The van der Waals surface area contributed by atoms with E-state index in [1.165, 1.54) is 0 Å². The highest BCUT2D eigenvalue weighted by Gasteiger charge is 2.42. The van der Waals surface area contributed by atoms with Crippen molar-refractivity contribution in [3.05, 3.63) is 70.6 Å². The quantitative estimate of drug-likeness (QED) is 0.166. The molecule has 1 saturated carbocycles. The van der Waals surface area contributed by atoms with Crippen LogP contribution in [0.2, 0.25) is 5.02 Å². The number of methoxy groups -OCH3 is 1. The molecule has 4 aromatic rings. The molecule has 1 unspecified atom stereocenters. The molecule has 0 saturated heterocycles. The number of halogens is 1. The van der Waals surface area contributed by atoms with Crippen LogP contribution in [0.25, 0.3) is 11.0 Å². The Bertz CT molecular complexity index is 1520. The number of H-pyrrole nitrogens is 1. The molecule has 3 N–H and O–H groups in total. The lowest BCUT2D eigenvalue weighted by molar-refractivity contribution is -0.105. The number of aromatic nitrogens is 3. The lowest BCUT2D eigenvalue weighted by Gasteiger charge is -2.32. The standard InChI is InChI=1S/C28H28ClN5O4/c1-16-8-9-30-23(10-16)38-18-6-7-19(21(29)11-18)26(36)20-12-31-27-24(20)25(22(13-32-27)33-15-35)34-28(2,14-37-3)17-4-5-17/h6-13,15,17H,4-5,14H2,1-3H3,(H,33,35)(H2,31,32,34). The number of aryl methyl sites for hydroxylation is 1. The lowest BCUT2D eigenvalue weighted by atomic mass is 9.95. The SMILES string of the molecule is COCC(C)(Nc1c(NC=O)cnc2[nH]cc(C(=O)c3ccc(Oc4cc(C)ccn4)cc3Cl)c12)C1CC1. The second-order valence-electron chi connectivity index (χ2n) is 9.73. The number of anilines is 2. The summed E-state index contributed by atoms with van der Waals surface area (Å²) in [5.41, 5.74) is 2.85. The Morgan fingerprint density at radius 2 is 2.05 bits per heavy atom. The number of carbonyl (C=O) groups is 2. The Labute approximate surface area is 224 Å². The summed E-state index contributed by atoms with van der Waals surface area (Å²) in [6.07, 6.45) is 7.55. The van der Waals surface area contributed by atoms with Crippen molar-refractivity contribution >= 4 is 46.2 Å². The summed E-state index contributed by atoms with van der Waals surface area (Å²) in [6.45, 7) is 4.48. The van der Waals surface area contributed by atoms with E-state index in [-0.39, 0.29) is 10.8 Å². The van der Waals surface area contributed by atoms with Gasteiger partial charge in [-0.15, -0.1) is 0 Å². The average Bonchev–Trinajstić information content (AvgIpc) is 3.66. The first-order valence-corrected chi connectivity index (χ1v) is 12.6. The Morgan fingerprint density at radius 1 is 1.24 bits per heavy atom. The molecule has 3 heterocycles.